The second-order valence-electron chi connectivity index (χ2n) is 4.41. The van der Waals surface area contributed by atoms with Crippen LogP contribution in [0.25, 0.3) is 11.1 Å². The lowest BCUT2D eigenvalue weighted by Gasteiger charge is -2.13. The van der Waals surface area contributed by atoms with Crippen molar-refractivity contribution < 1.29 is 4.39 Å². The van der Waals surface area contributed by atoms with Crippen molar-refractivity contribution in [1.29, 1.82) is 0 Å². The lowest BCUT2D eigenvalue weighted by atomic mass is 10.0. The second kappa shape index (κ2) is 4.58. The summed E-state index contributed by atoms with van der Waals surface area (Å²) >= 11 is 0. The van der Waals surface area contributed by atoms with E-state index in [0.717, 1.165) is 16.8 Å². The number of halogens is 1. The summed E-state index contributed by atoms with van der Waals surface area (Å²) in [5.41, 5.74) is 3.74. The molecule has 0 saturated heterocycles. The highest BCUT2D eigenvalue weighted by Crippen LogP contribution is 2.25. The summed E-state index contributed by atoms with van der Waals surface area (Å²) in [6.07, 6.45) is 0. The molecule has 0 saturated carbocycles. The van der Waals surface area contributed by atoms with E-state index < -0.39 is 0 Å². The number of anilines is 1. The van der Waals surface area contributed by atoms with Gasteiger partial charge in [0.15, 0.2) is 0 Å². The summed E-state index contributed by atoms with van der Waals surface area (Å²) < 4.78 is 13.5. The molecule has 88 valence electrons. The molecule has 0 aliphatic heterocycles. The van der Waals surface area contributed by atoms with Crippen LogP contribution in [0.4, 0.5) is 10.1 Å². The smallest absolute Gasteiger partial charge is 0.126 e. The maximum Gasteiger partial charge on any atom is 0.126 e. The zero-order valence-corrected chi connectivity index (χ0v) is 10.4. The Hall–Kier alpha value is -1.83. The van der Waals surface area contributed by atoms with Gasteiger partial charge >= 0.3 is 0 Å². The first-order chi connectivity index (χ1) is 8.08. The van der Waals surface area contributed by atoms with E-state index in [-0.39, 0.29) is 5.82 Å². The minimum Gasteiger partial charge on any atom is -0.378 e. The van der Waals surface area contributed by atoms with Crippen molar-refractivity contribution in [2.24, 2.45) is 0 Å². The van der Waals surface area contributed by atoms with Crippen LogP contribution in [0.1, 0.15) is 5.56 Å². The van der Waals surface area contributed by atoms with Gasteiger partial charge in [-0.1, -0.05) is 24.3 Å². The molecule has 0 unspecified atom stereocenters. The van der Waals surface area contributed by atoms with Gasteiger partial charge in [-0.05, 0) is 41.8 Å². The van der Waals surface area contributed by atoms with Crippen LogP contribution in [0.15, 0.2) is 42.5 Å². The maximum absolute atomic E-state index is 13.5. The molecule has 17 heavy (non-hydrogen) atoms. The quantitative estimate of drug-likeness (QED) is 0.755. The lowest BCUT2D eigenvalue weighted by Crippen LogP contribution is -2.08. The van der Waals surface area contributed by atoms with Crippen LogP contribution in [0.2, 0.25) is 0 Å². The minimum absolute atomic E-state index is 0.155. The molecule has 0 aliphatic rings. The van der Waals surface area contributed by atoms with Crippen molar-refractivity contribution in [3.05, 3.63) is 53.8 Å². The van der Waals surface area contributed by atoms with Gasteiger partial charge in [0.25, 0.3) is 0 Å². The molecule has 0 aliphatic carbocycles. The summed E-state index contributed by atoms with van der Waals surface area (Å²) in [5.74, 6) is -0.155. The summed E-state index contributed by atoms with van der Waals surface area (Å²) in [5, 5.41) is 0. The standard InChI is InChI=1S/C15H16FN/c1-11-7-8-13(10-15(11)16)12-5-4-6-14(9-12)17(2)3/h4-10H,1-3H3. The van der Waals surface area contributed by atoms with Crippen LogP contribution in [-0.4, -0.2) is 14.1 Å². The molecule has 2 rings (SSSR count). The summed E-state index contributed by atoms with van der Waals surface area (Å²) in [4.78, 5) is 2.04. The normalized spacial score (nSPS) is 10.4. The molecule has 2 heteroatoms. The van der Waals surface area contributed by atoms with Gasteiger partial charge in [-0.15, -0.1) is 0 Å². The fraction of sp³-hybridized carbons (Fsp3) is 0.200. The maximum atomic E-state index is 13.5. The van der Waals surface area contributed by atoms with Gasteiger partial charge < -0.3 is 4.90 Å². The van der Waals surface area contributed by atoms with E-state index in [1.54, 1.807) is 13.0 Å². The molecule has 0 aromatic heterocycles. The van der Waals surface area contributed by atoms with E-state index in [1.807, 2.05) is 49.3 Å². The topological polar surface area (TPSA) is 3.24 Å². The highest BCUT2D eigenvalue weighted by Gasteiger charge is 2.03. The van der Waals surface area contributed by atoms with Crippen molar-refractivity contribution >= 4 is 5.69 Å². The number of hydrogen-bond donors (Lipinski definition) is 0. The average molecular weight is 229 g/mol. The first kappa shape index (κ1) is 11.6. The van der Waals surface area contributed by atoms with Crippen LogP contribution >= 0.6 is 0 Å². The Morgan fingerprint density at radius 3 is 2.29 bits per heavy atom. The van der Waals surface area contributed by atoms with Crippen molar-refractivity contribution in [3.63, 3.8) is 0 Å². The van der Waals surface area contributed by atoms with Gasteiger partial charge in [0.05, 0.1) is 0 Å². The van der Waals surface area contributed by atoms with Gasteiger partial charge in [-0.2, -0.15) is 0 Å². The second-order valence-corrected chi connectivity index (χ2v) is 4.41. The molecular formula is C15H16FN. The minimum atomic E-state index is -0.155. The third kappa shape index (κ3) is 2.47. The molecule has 0 radical (unpaired) electrons. The van der Waals surface area contributed by atoms with E-state index in [2.05, 4.69) is 6.07 Å². The molecule has 0 spiro atoms. The zero-order chi connectivity index (χ0) is 12.4. The van der Waals surface area contributed by atoms with E-state index >= 15 is 0 Å². The lowest BCUT2D eigenvalue weighted by molar-refractivity contribution is 0.619. The first-order valence-electron chi connectivity index (χ1n) is 5.62. The largest absolute Gasteiger partial charge is 0.378 e. The predicted octanol–water partition coefficient (Wildman–Crippen LogP) is 3.87. The SMILES string of the molecule is Cc1ccc(-c2cccc(N(C)C)c2)cc1F. The third-order valence-electron chi connectivity index (χ3n) is 2.87. The van der Waals surface area contributed by atoms with Crippen LogP contribution < -0.4 is 4.90 Å². The average Bonchev–Trinajstić information content (AvgIpc) is 2.33. The van der Waals surface area contributed by atoms with Crippen molar-refractivity contribution in [1.82, 2.24) is 0 Å². The fourth-order valence-electron chi connectivity index (χ4n) is 1.74. The Morgan fingerprint density at radius 1 is 0.941 bits per heavy atom. The number of rotatable bonds is 2. The van der Waals surface area contributed by atoms with E-state index in [4.69, 9.17) is 0 Å². The van der Waals surface area contributed by atoms with Crippen LogP contribution in [0.5, 0.6) is 0 Å². The first-order valence-corrected chi connectivity index (χ1v) is 5.62. The molecule has 0 heterocycles. The summed E-state index contributed by atoms with van der Waals surface area (Å²) in [6.45, 7) is 1.77. The monoisotopic (exact) mass is 229 g/mol. The van der Waals surface area contributed by atoms with Crippen LogP contribution in [0, 0.1) is 12.7 Å². The zero-order valence-electron chi connectivity index (χ0n) is 10.4. The van der Waals surface area contributed by atoms with E-state index in [0.29, 0.717) is 5.56 Å². The third-order valence-corrected chi connectivity index (χ3v) is 2.87. The highest BCUT2D eigenvalue weighted by atomic mass is 19.1. The number of hydrogen-bond acceptors (Lipinski definition) is 1. The Morgan fingerprint density at radius 2 is 1.65 bits per heavy atom. The molecule has 0 amide bonds. The Bertz CT molecular complexity index is 532. The summed E-state index contributed by atoms with van der Waals surface area (Å²) in [6, 6.07) is 13.4. The van der Waals surface area contributed by atoms with Crippen molar-refractivity contribution in [2.75, 3.05) is 19.0 Å². The molecule has 2 aromatic carbocycles. The van der Waals surface area contributed by atoms with Gasteiger partial charge in [-0.25, -0.2) is 4.39 Å². The van der Waals surface area contributed by atoms with Crippen LogP contribution in [-0.2, 0) is 0 Å². The van der Waals surface area contributed by atoms with Crippen molar-refractivity contribution in [3.8, 4) is 11.1 Å². The predicted molar refractivity (Wildman–Crippen MR) is 70.9 cm³/mol. The number of nitrogens with zero attached hydrogens (tertiary/aromatic N) is 1. The Balaban J connectivity index is 2.45. The molecule has 0 bridgehead atoms. The van der Waals surface area contributed by atoms with Crippen molar-refractivity contribution in [2.45, 2.75) is 6.92 Å². The Kier molecular flexibility index (Phi) is 3.14. The Labute approximate surface area is 102 Å². The van der Waals surface area contributed by atoms with Gasteiger partial charge in [0, 0.05) is 19.8 Å². The van der Waals surface area contributed by atoms with Gasteiger partial charge in [0.2, 0.25) is 0 Å². The van der Waals surface area contributed by atoms with Gasteiger partial charge in [-0.3, -0.25) is 0 Å². The molecule has 2 aromatic rings. The molecular weight excluding hydrogens is 213 g/mol. The summed E-state index contributed by atoms with van der Waals surface area (Å²) in [7, 11) is 3.99. The fourth-order valence-corrected chi connectivity index (χ4v) is 1.74. The molecule has 0 fully saturated rings. The number of aryl methyl sites for hydroxylation is 1. The number of benzene rings is 2. The molecule has 0 N–H and O–H groups in total. The van der Waals surface area contributed by atoms with E-state index in [1.165, 1.54) is 0 Å². The van der Waals surface area contributed by atoms with Crippen LogP contribution in [0.3, 0.4) is 0 Å². The van der Waals surface area contributed by atoms with E-state index in [9.17, 15) is 4.39 Å². The molecule has 0 atom stereocenters. The molecule has 1 nitrogen and oxygen atoms in total. The highest BCUT2D eigenvalue weighted by molar-refractivity contribution is 5.68. The van der Waals surface area contributed by atoms with Gasteiger partial charge in [0.1, 0.15) is 5.82 Å².